The van der Waals surface area contributed by atoms with E-state index in [9.17, 15) is 14.1 Å². The maximum absolute atomic E-state index is 13.6. The van der Waals surface area contributed by atoms with Crippen LogP contribution in [0, 0.1) is 0 Å². The van der Waals surface area contributed by atoms with E-state index in [1.54, 1.807) is 36.5 Å². The minimum atomic E-state index is -0.586. The fraction of sp³-hybridized carbons (Fsp3) is 0.0667. The molecule has 1 N–H and O–H groups in total. The number of nitrogens with zero attached hydrogens (tertiary/aromatic N) is 1. The SMILES string of the molecule is O=C(C=C(I)c1cccc2c1CC(=O)N2F)c1ccc[nH]1. The van der Waals surface area contributed by atoms with Crippen LogP contribution in [0.15, 0.2) is 42.6 Å². The lowest BCUT2D eigenvalue weighted by Crippen LogP contribution is -2.15. The van der Waals surface area contributed by atoms with E-state index in [1.165, 1.54) is 6.08 Å². The minimum absolute atomic E-state index is 0.0129. The average Bonchev–Trinajstić information content (AvgIpc) is 3.08. The Morgan fingerprint density at radius 1 is 1.33 bits per heavy atom. The number of fused-ring (bicyclic) bond motifs is 1. The Morgan fingerprint density at radius 3 is 2.86 bits per heavy atom. The molecule has 1 aliphatic heterocycles. The standard InChI is InChI=1S/C15H10FIN2O2/c16-19-13-5-1-3-9(10(13)7-15(19)21)11(17)8-14(20)12-4-2-6-18-12/h1-6,8,18H,7H2. The van der Waals surface area contributed by atoms with E-state index in [0.717, 1.165) is 0 Å². The Morgan fingerprint density at radius 2 is 2.14 bits per heavy atom. The van der Waals surface area contributed by atoms with Crippen LogP contribution in [0.1, 0.15) is 21.6 Å². The van der Waals surface area contributed by atoms with Crippen LogP contribution in [0.25, 0.3) is 3.58 Å². The molecule has 1 aromatic carbocycles. The minimum Gasteiger partial charge on any atom is -0.359 e. The molecule has 3 rings (SSSR count). The molecule has 0 saturated carbocycles. The van der Waals surface area contributed by atoms with Gasteiger partial charge in [-0.05, 0) is 51.9 Å². The molecular weight excluding hydrogens is 386 g/mol. The molecule has 0 fully saturated rings. The predicted octanol–water partition coefficient (Wildman–Crippen LogP) is 3.45. The first kappa shape index (κ1) is 14.0. The van der Waals surface area contributed by atoms with Gasteiger partial charge in [-0.15, -0.1) is 5.12 Å². The van der Waals surface area contributed by atoms with Crippen LogP contribution in [0.3, 0.4) is 0 Å². The molecule has 0 atom stereocenters. The summed E-state index contributed by atoms with van der Waals surface area (Å²) in [4.78, 5) is 26.4. The number of ketones is 1. The normalized spacial score (nSPS) is 14.5. The summed E-state index contributed by atoms with van der Waals surface area (Å²) in [6.45, 7) is 0. The average molecular weight is 396 g/mol. The smallest absolute Gasteiger partial charge is 0.259 e. The first-order chi connectivity index (χ1) is 10.1. The topological polar surface area (TPSA) is 53.2 Å². The molecule has 21 heavy (non-hydrogen) atoms. The van der Waals surface area contributed by atoms with E-state index in [0.29, 0.717) is 20.4 Å². The van der Waals surface area contributed by atoms with E-state index in [4.69, 9.17) is 0 Å². The highest BCUT2D eigenvalue weighted by Gasteiger charge is 2.30. The van der Waals surface area contributed by atoms with Crippen molar-refractivity contribution in [1.82, 2.24) is 4.98 Å². The first-order valence-electron chi connectivity index (χ1n) is 6.24. The fourth-order valence-corrected chi connectivity index (χ4v) is 3.07. The molecule has 1 aromatic heterocycles. The van der Waals surface area contributed by atoms with Gasteiger partial charge < -0.3 is 4.98 Å². The van der Waals surface area contributed by atoms with Crippen molar-refractivity contribution in [3.8, 4) is 0 Å². The highest BCUT2D eigenvalue weighted by molar-refractivity contribution is 14.1. The van der Waals surface area contributed by atoms with Crippen molar-refractivity contribution in [2.24, 2.45) is 0 Å². The number of allylic oxidation sites excluding steroid dienone is 1. The summed E-state index contributed by atoms with van der Waals surface area (Å²) in [5.41, 5.74) is 2.07. The third-order valence-electron chi connectivity index (χ3n) is 3.29. The molecule has 0 radical (unpaired) electrons. The Labute approximate surface area is 133 Å². The summed E-state index contributed by atoms with van der Waals surface area (Å²) >= 11 is 2.03. The number of benzene rings is 1. The highest BCUT2D eigenvalue weighted by atomic mass is 127. The van der Waals surface area contributed by atoms with Crippen molar-refractivity contribution >= 4 is 43.5 Å². The molecule has 1 aliphatic rings. The molecule has 0 bridgehead atoms. The Bertz CT molecular complexity index is 753. The number of carbonyl (C=O) groups is 2. The van der Waals surface area contributed by atoms with Gasteiger partial charge in [0.1, 0.15) is 0 Å². The molecule has 0 aliphatic carbocycles. The zero-order valence-electron chi connectivity index (χ0n) is 10.8. The van der Waals surface area contributed by atoms with Crippen LogP contribution in [0.2, 0.25) is 0 Å². The number of hydrogen-bond donors (Lipinski definition) is 1. The molecule has 2 heterocycles. The van der Waals surface area contributed by atoms with Gasteiger partial charge in [-0.3, -0.25) is 9.59 Å². The van der Waals surface area contributed by atoms with Crippen LogP contribution in [0.4, 0.5) is 10.2 Å². The van der Waals surface area contributed by atoms with Gasteiger partial charge in [0.15, 0.2) is 0 Å². The van der Waals surface area contributed by atoms with Gasteiger partial charge in [0, 0.05) is 15.9 Å². The van der Waals surface area contributed by atoms with E-state index in [-0.39, 0.29) is 23.0 Å². The van der Waals surface area contributed by atoms with Crippen LogP contribution in [-0.4, -0.2) is 16.7 Å². The molecule has 4 nitrogen and oxygen atoms in total. The van der Waals surface area contributed by atoms with Crippen molar-refractivity contribution < 1.29 is 14.1 Å². The summed E-state index contributed by atoms with van der Waals surface area (Å²) in [5.74, 6) is -0.749. The number of hydrogen-bond acceptors (Lipinski definition) is 2. The number of aromatic amines is 1. The number of halogens is 2. The lowest BCUT2D eigenvalue weighted by atomic mass is 10.0. The number of carbonyl (C=O) groups excluding carboxylic acids is 2. The van der Waals surface area contributed by atoms with E-state index < -0.39 is 5.91 Å². The second kappa shape index (κ2) is 5.44. The molecule has 106 valence electrons. The first-order valence-corrected chi connectivity index (χ1v) is 7.31. The summed E-state index contributed by atoms with van der Waals surface area (Å²) in [7, 11) is 0. The number of rotatable bonds is 3. The zero-order valence-corrected chi connectivity index (χ0v) is 12.9. The number of amides is 1. The van der Waals surface area contributed by atoms with E-state index in [2.05, 4.69) is 4.98 Å². The number of nitrogens with one attached hydrogen (secondary N) is 1. The number of H-pyrrole nitrogens is 1. The van der Waals surface area contributed by atoms with Gasteiger partial charge in [-0.25, -0.2) is 0 Å². The van der Waals surface area contributed by atoms with E-state index >= 15 is 0 Å². The maximum Gasteiger partial charge on any atom is 0.259 e. The Hall–Kier alpha value is -1.96. The lowest BCUT2D eigenvalue weighted by molar-refractivity contribution is -0.119. The van der Waals surface area contributed by atoms with Gasteiger partial charge >= 0.3 is 0 Å². The number of aromatic nitrogens is 1. The summed E-state index contributed by atoms with van der Waals surface area (Å²) < 4.78 is 14.3. The third kappa shape index (κ3) is 2.51. The van der Waals surface area contributed by atoms with Gasteiger partial charge in [0.2, 0.25) is 5.78 Å². The molecule has 0 saturated heterocycles. The second-order valence-electron chi connectivity index (χ2n) is 4.59. The van der Waals surface area contributed by atoms with Gasteiger partial charge in [0.25, 0.3) is 5.91 Å². The van der Waals surface area contributed by atoms with Gasteiger partial charge in [-0.1, -0.05) is 16.6 Å². The van der Waals surface area contributed by atoms with Crippen molar-refractivity contribution in [2.45, 2.75) is 6.42 Å². The van der Waals surface area contributed by atoms with Crippen LogP contribution >= 0.6 is 22.6 Å². The maximum atomic E-state index is 13.6. The third-order valence-corrected chi connectivity index (χ3v) is 4.18. The monoisotopic (exact) mass is 396 g/mol. The largest absolute Gasteiger partial charge is 0.359 e. The zero-order chi connectivity index (χ0) is 15.0. The van der Waals surface area contributed by atoms with Crippen molar-refractivity contribution in [1.29, 1.82) is 0 Å². The summed E-state index contributed by atoms with van der Waals surface area (Å²) in [6.07, 6.45) is 3.17. The predicted molar refractivity (Wildman–Crippen MR) is 85.9 cm³/mol. The van der Waals surface area contributed by atoms with Crippen molar-refractivity contribution in [2.75, 3.05) is 5.12 Å². The summed E-state index contributed by atoms with van der Waals surface area (Å²) in [5, 5.41) is 0.162. The van der Waals surface area contributed by atoms with Crippen molar-refractivity contribution in [3.63, 3.8) is 0 Å². The number of anilines is 1. The molecular formula is C15H10FIN2O2. The molecule has 0 spiro atoms. The lowest BCUT2D eigenvalue weighted by Gasteiger charge is -2.07. The fourth-order valence-electron chi connectivity index (χ4n) is 2.28. The van der Waals surface area contributed by atoms with Gasteiger partial charge in [0.05, 0.1) is 17.8 Å². The van der Waals surface area contributed by atoms with Crippen molar-refractivity contribution in [3.05, 3.63) is 59.4 Å². The quantitative estimate of drug-likeness (QED) is 0.374. The van der Waals surface area contributed by atoms with Crippen LogP contribution in [-0.2, 0) is 11.2 Å². The molecule has 1 amide bonds. The molecule has 6 heteroatoms. The van der Waals surface area contributed by atoms with Crippen LogP contribution in [0.5, 0.6) is 0 Å². The molecule has 0 unspecified atom stereocenters. The highest BCUT2D eigenvalue weighted by Crippen LogP contribution is 2.37. The van der Waals surface area contributed by atoms with Crippen LogP contribution < -0.4 is 5.12 Å². The molecule has 2 aromatic rings. The van der Waals surface area contributed by atoms with E-state index in [1.807, 2.05) is 22.6 Å². The Balaban J connectivity index is 1.99. The van der Waals surface area contributed by atoms with Gasteiger partial charge in [-0.2, -0.15) is 0 Å². The Kier molecular flexibility index (Phi) is 3.62. The summed E-state index contributed by atoms with van der Waals surface area (Å²) in [6, 6.07) is 8.44. The second-order valence-corrected chi connectivity index (χ2v) is 5.76.